The first-order chi connectivity index (χ1) is 8.83. The molecule has 0 fully saturated rings. The second-order valence-corrected chi connectivity index (χ2v) is 4.62. The Morgan fingerprint density at radius 3 is 3.11 bits per heavy atom. The standard InChI is InChI=1S/C14H21N3O/c15-7-1-2-8-17-14(18)13-5-3-4-11-10-16-9-6-12(11)13/h3-5,16H,1-2,6-10,15H2,(H,17,18). The highest BCUT2D eigenvalue weighted by Crippen LogP contribution is 2.18. The summed E-state index contributed by atoms with van der Waals surface area (Å²) in [6.07, 6.45) is 2.83. The molecule has 4 N–H and O–H groups in total. The van der Waals surface area contributed by atoms with Crippen molar-refractivity contribution in [3.8, 4) is 0 Å². The van der Waals surface area contributed by atoms with E-state index in [4.69, 9.17) is 5.73 Å². The Morgan fingerprint density at radius 1 is 1.39 bits per heavy atom. The molecule has 0 spiro atoms. The summed E-state index contributed by atoms with van der Waals surface area (Å²) in [5.74, 6) is 0.0470. The minimum absolute atomic E-state index is 0.0470. The van der Waals surface area contributed by atoms with Crippen LogP contribution < -0.4 is 16.4 Å². The Labute approximate surface area is 108 Å². The van der Waals surface area contributed by atoms with E-state index in [1.54, 1.807) is 0 Å². The summed E-state index contributed by atoms with van der Waals surface area (Å²) in [5.41, 5.74) is 8.71. The fourth-order valence-corrected chi connectivity index (χ4v) is 2.31. The molecule has 1 aromatic carbocycles. The van der Waals surface area contributed by atoms with Crippen LogP contribution in [-0.4, -0.2) is 25.5 Å². The van der Waals surface area contributed by atoms with Crippen molar-refractivity contribution in [2.24, 2.45) is 5.73 Å². The van der Waals surface area contributed by atoms with E-state index in [1.165, 1.54) is 11.1 Å². The van der Waals surface area contributed by atoms with Gasteiger partial charge >= 0.3 is 0 Å². The average Bonchev–Trinajstić information content (AvgIpc) is 2.43. The Balaban J connectivity index is 2.01. The zero-order valence-corrected chi connectivity index (χ0v) is 10.7. The Bertz CT molecular complexity index is 418. The van der Waals surface area contributed by atoms with Crippen LogP contribution >= 0.6 is 0 Å². The lowest BCUT2D eigenvalue weighted by Gasteiger charge is -2.19. The molecular formula is C14H21N3O. The highest BCUT2D eigenvalue weighted by Gasteiger charge is 2.16. The molecule has 1 amide bonds. The number of benzene rings is 1. The number of hydrogen-bond donors (Lipinski definition) is 3. The molecule has 1 aliphatic heterocycles. The molecule has 18 heavy (non-hydrogen) atoms. The Kier molecular flexibility index (Phi) is 4.73. The third-order valence-corrected chi connectivity index (χ3v) is 3.30. The second kappa shape index (κ2) is 6.52. The molecule has 0 unspecified atom stereocenters. The van der Waals surface area contributed by atoms with Gasteiger partial charge in [0, 0.05) is 18.7 Å². The molecule has 1 aliphatic rings. The quantitative estimate of drug-likeness (QED) is 0.674. The molecule has 1 aromatic rings. The van der Waals surface area contributed by atoms with Crippen LogP contribution in [0.1, 0.15) is 34.3 Å². The van der Waals surface area contributed by atoms with E-state index < -0.39 is 0 Å². The van der Waals surface area contributed by atoms with Crippen LogP contribution in [0.3, 0.4) is 0 Å². The monoisotopic (exact) mass is 247 g/mol. The van der Waals surface area contributed by atoms with Gasteiger partial charge in [-0.05, 0) is 49.5 Å². The third-order valence-electron chi connectivity index (χ3n) is 3.30. The predicted molar refractivity (Wildman–Crippen MR) is 72.5 cm³/mol. The van der Waals surface area contributed by atoms with Gasteiger partial charge < -0.3 is 16.4 Å². The largest absolute Gasteiger partial charge is 0.352 e. The number of carbonyl (C=O) groups is 1. The van der Waals surface area contributed by atoms with E-state index in [9.17, 15) is 4.79 Å². The number of nitrogens with two attached hydrogens (primary N) is 1. The summed E-state index contributed by atoms with van der Waals surface area (Å²) in [6, 6.07) is 5.97. The van der Waals surface area contributed by atoms with Crippen LogP contribution in [0.25, 0.3) is 0 Å². The molecule has 0 radical (unpaired) electrons. The summed E-state index contributed by atoms with van der Waals surface area (Å²) >= 11 is 0. The smallest absolute Gasteiger partial charge is 0.251 e. The summed E-state index contributed by atoms with van der Waals surface area (Å²) in [6.45, 7) is 3.20. The number of amides is 1. The minimum Gasteiger partial charge on any atom is -0.352 e. The van der Waals surface area contributed by atoms with Crippen LogP contribution in [0.15, 0.2) is 18.2 Å². The molecule has 0 aliphatic carbocycles. The first-order valence-electron chi connectivity index (χ1n) is 6.62. The van der Waals surface area contributed by atoms with Gasteiger partial charge in [-0.25, -0.2) is 0 Å². The molecule has 0 atom stereocenters. The topological polar surface area (TPSA) is 67.1 Å². The summed E-state index contributed by atoms with van der Waals surface area (Å²) < 4.78 is 0. The SMILES string of the molecule is NCCCCNC(=O)c1cccc2c1CCNC2. The Morgan fingerprint density at radius 2 is 2.28 bits per heavy atom. The van der Waals surface area contributed by atoms with Crippen molar-refractivity contribution >= 4 is 5.91 Å². The molecule has 0 saturated carbocycles. The first kappa shape index (κ1) is 13.1. The Hall–Kier alpha value is -1.39. The van der Waals surface area contributed by atoms with Crippen molar-refractivity contribution in [3.05, 3.63) is 34.9 Å². The van der Waals surface area contributed by atoms with Crippen LogP contribution in [-0.2, 0) is 13.0 Å². The maximum Gasteiger partial charge on any atom is 0.251 e. The molecule has 1 heterocycles. The van der Waals surface area contributed by atoms with Crippen molar-refractivity contribution in [1.82, 2.24) is 10.6 Å². The van der Waals surface area contributed by atoms with Crippen molar-refractivity contribution in [2.45, 2.75) is 25.8 Å². The van der Waals surface area contributed by atoms with Crippen LogP contribution in [0.5, 0.6) is 0 Å². The number of hydrogen-bond acceptors (Lipinski definition) is 3. The lowest BCUT2D eigenvalue weighted by atomic mass is 9.95. The minimum atomic E-state index is 0.0470. The van der Waals surface area contributed by atoms with Gasteiger partial charge in [-0.3, -0.25) is 4.79 Å². The van der Waals surface area contributed by atoms with Gasteiger partial charge in [0.25, 0.3) is 5.91 Å². The molecule has 4 heteroatoms. The van der Waals surface area contributed by atoms with Crippen LogP contribution in [0.4, 0.5) is 0 Å². The predicted octanol–water partition coefficient (Wildman–Crippen LogP) is 0.801. The van der Waals surface area contributed by atoms with Gasteiger partial charge in [0.2, 0.25) is 0 Å². The van der Waals surface area contributed by atoms with Gasteiger partial charge in [0.15, 0.2) is 0 Å². The van der Waals surface area contributed by atoms with Gasteiger partial charge in [0.1, 0.15) is 0 Å². The molecule has 4 nitrogen and oxygen atoms in total. The maximum absolute atomic E-state index is 12.1. The summed E-state index contributed by atoms with van der Waals surface area (Å²) in [7, 11) is 0. The van der Waals surface area contributed by atoms with Crippen molar-refractivity contribution < 1.29 is 4.79 Å². The number of unbranched alkanes of at least 4 members (excludes halogenated alkanes) is 1. The first-order valence-corrected chi connectivity index (χ1v) is 6.62. The number of nitrogens with one attached hydrogen (secondary N) is 2. The lowest BCUT2D eigenvalue weighted by Crippen LogP contribution is -2.30. The van der Waals surface area contributed by atoms with Crippen molar-refractivity contribution in [3.63, 3.8) is 0 Å². The van der Waals surface area contributed by atoms with Gasteiger partial charge in [-0.2, -0.15) is 0 Å². The lowest BCUT2D eigenvalue weighted by molar-refractivity contribution is 0.0952. The summed E-state index contributed by atoms with van der Waals surface area (Å²) in [5, 5.41) is 6.29. The fraction of sp³-hybridized carbons (Fsp3) is 0.500. The molecule has 0 bridgehead atoms. The molecule has 2 rings (SSSR count). The van der Waals surface area contributed by atoms with Gasteiger partial charge in [-0.15, -0.1) is 0 Å². The third kappa shape index (κ3) is 3.09. The van der Waals surface area contributed by atoms with Crippen molar-refractivity contribution in [2.75, 3.05) is 19.6 Å². The highest BCUT2D eigenvalue weighted by molar-refractivity contribution is 5.96. The van der Waals surface area contributed by atoms with Crippen molar-refractivity contribution in [1.29, 1.82) is 0 Å². The van der Waals surface area contributed by atoms with E-state index in [0.29, 0.717) is 13.1 Å². The van der Waals surface area contributed by atoms with E-state index in [0.717, 1.165) is 37.9 Å². The number of rotatable bonds is 5. The van der Waals surface area contributed by atoms with Crippen LogP contribution in [0.2, 0.25) is 0 Å². The normalized spacial score (nSPS) is 14.1. The van der Waals surface area contributed by atoms with E-state index in [-0.39, 0.29) is 5.91 Å². The molecule has 98 valence electrons. The van der Waals surface area contributed by atoms with Crippen LogP contribution in [0, 0.1) is 0 Å². The average molecular weight is 247 g/mol. The molecule has 0 aromatic heterocycles. The van der Waals surface area contributed by atoms with E-state index in [1.807, 2.05) is 12.1 Å². The number of carbonyl (C=O) groups excluding carboxylic acids is 1. The second-order valence-electron chi connectivity index (χ2n) is 4.62. The zero-order valence-electron chi connectivity index (χ0n) is 10.7. The maximum atomic E-state index is 12.1. The number of fused-ring (bicyclic) bond motifs is 1. The summed E-state index contributed by atoms with van der Waals surface area (Å²) in [4.78, 5) is 12.1. The molecular weight excluding hydrogens is 226 g/mol. The van der Waals surface area contributed by atoms with Gasteiger partial charge in [-0.1, -0.05) is 12.1 Å². The fourth-order valence-electron chi connectivity index (χ4n) is 2.31. The molecule has 0 saturated heterocycles. The van der Waals surface area contributed by atoms with Gasteiger partial charge in [0.05, 0.1) is 0 Å². The van der Waals surface area contributed by atoms with E-state index in [2.05, 4.69) is 16.7 Å². The van der Waals surface area contributed by atoms with E-state index >= 15 is 0 Å². The highest BCUT2D eigenvalue weighted by atomic mass is 16.1. The zero-order chi connectivity index (χ0) is 12.8.